The monoisotopic (exact) mass is 395 g/mol. The van der Waals surface area contributed by atoms with Gasteiger partial charge in [-0.3, -0.25) is 14.6 Å². The molecule has 3 aromatic rings. The molecule has 0 atom stereocenters. The van der Waals surface area contributed by atoms with Crippen LogP contribution in [-0.2, 0) is 22.6 Å². The predicted molar refractivity (Wildman–Crippen MR) is 118 cm³/mol. The fourth-order valence-electron chi connectivity index (χ4n) is 3.30. The molecule has 0 unspecified atom stereocenters. The molecule has 0 spiro atoms. The average molecular weight is 395 g/mol. The van der Waals surface area contributed by atoms with Crippen LogP contribution in [0.15, 0.2) is 84.7 Å². The van der Waals surface area contributed by atoms with E-state index in [9.17, 15) is 9.59 Å². The predicted octanol–water partition coefficient (Wildman–Crippen LogP) is 3.99. The summed E-state index contributed by atoms with van der Waals surface area (Å²) in [6.45, 7) is 0.419. The van der Waals surface area contributed by atoms with Crippen LogP contribution in [0.1, 0.15) is 22.3 Å². The van der Waals surface area contributed by atoms with Crippen molar-refractivity contribution in [3.63, 3.8) is 0 Å². The second-order valence-corrected chi connectivity index (χ2v) is 7.00. The number of anilines is 1. The van der Waals surface area contributed by atoms with E-state index in [1.807, 2.05) is 66.7 Å². The number of hydrogen-bond donors (Lipinski definition) is 2. The van der Waals surface area contributed by atoms with Crippen molar-refractivity contribution in [3.8, 4) is 0 Å². The Morgan fingerprint density at radius 3 is 2.67 bits per heavy atom. The van der Waals surface area contributed by atoms with Gasteiger partial charge in [-0.1, -0.05) is 48.5 Å². The molecule has 0 saturated carbocycles. The van der Waals surface area contributed by atoms with Gasteiger partial charge in [0.25, 0.3) is 5.91 Å². The van der Waals surface area contributed by atoms with Gasteiger partial charge < -0.3 is 10.6 Å². The first-order valence-electron chi connectivity index (χ1n) is 9.73. The van der Waals surface area contributed by atoms with Gasteiger partial charge in [0.1, 0.15) is 0 Å². The van der Waals surface area contributed by atoms with E-state index in [1.54, 1.807) is 18.5 Å². The molecule has 1 aliphatic heterocycles. The Bertz CT molecular complexity index is 1130. The summed E-state index contributed by atoms with van der Waals surface area (Å²) in [5.74, 6) is -0.285. The molecular weight excluding hydrogens is 374 g/mol. The van der Waals surface area contributed by atoms with Gasteiger partial charge in [-0.05, 0) is 46.5 Å². The van der Waals surface area contributed by atoms with Crippen LogP contribution in [0.3, 0.4) is 0 Å². The molecule has 2 heterocycles. The summed E-state index contributed by atoms with van der Waals surface area (Å²) in [5, 5.41) is 5.78. The highest BCUT2D eigenvalue weighted by Crippen LogP contribution is 2.26. The highest BCUT2D eigenvalue weighted by atomic mass is 16.2. The standard InChI is InChI=1S/C25H21N3O2/c29-24(27-17-18-6-5-13-26-16-18)12-11-19-7-1-2-8-20(19)14-22-15-21-9-3-4-10-23(21)28-25(22)30/h1-14,16H,15,17H2,(H,27,29)(H,28,30)/b12-11+,22-14+. The van der Waals surface area contributed by atoms with Crippen LogP contribution in [0.4, 0.5) is 5.69 Å². The number of nitrogens with zero attached hydrogens (tertiary/aromatic N) is 1. The quantitative estimate of drug-likeness (QED) is 0.642. The number of fused-ring (bicyclic) bond motifs is 1. The van der Waals surface area contributed by atoms with E-state index in [2.05, 4.69) is 15.6 Å². The van der Waals surface area contributed by atoms with Crippen LogP contribution < -0.4 is 10.6 Å². The highest BCUT2D eigenvalue weighted by molar-refractivity contribution is 6.09. The largest absolute Gasteiger partial charge is 0.348 e. The van der Waals surface area contributed by atoms with Crippen LogP contribution in [0, 0.1) is 0 Å². The summed E-state index contributed by atoms with van der Waals surface area (Å²) in [6.07, 6.45) is 9.15. The summed E-state index contributed by atoms with van der Waals surface area (Å²) in [5.41, 5.74) is 5.33. The normalized spacial score (nSPS) is 14.4. The number of aromatic nitrogens is 1. The molecule has 4 rings (SSSR count). The maximum atomic E-state index is 12.5. The Labute approximate surface area is 175 Å². The molecule has 0 fully saturated rings. The Kier molecular flexibility index (Phi) is 5.80. The molecule has 0 radical (unpaired) electrons. The molecule has 1 aromatic heterocycles. The number of hydrogen-bond acceptors (Lipinski definition) is 3. The summed E-state index contributed by atoms with van der Waals surface area (Å²) in [4.78, 5) is 28.7. The van der Waals surface area contributed by atoms with Crippen LogP contribution >= 0.6 is 0 Å². The first kappa shape index (κ1) is 19.3. The van der Waals surface area contributed by atoms with Crippen molar-refractivity contribution in [1.29, 1.82) is 0 Å². The van der Waals surface area contributed by atoms with Gasteiger partial charge in [0.2, 0.25) is 5.91 Å². The van der Waals surface area contributed by atoms with E-state index in [0.29, 0.717) is 18.5 Å². The van der Waals surface area contributed by atoms with Crippen LogP contribution in [0.25, 0.3) is 12.2 Å². The summed E-state index contributed by atoms with van der Waals surface area (Å²) in [6, 6.07) is 19.2. The molecule has 148 valence electrons. The lowest BCUT2D eigenvalue weighted by Gasteiger charge is -2.19. The first-order valence-corrected chi connectivity index (χ1v) is 9.73. The lowest BCUT2D eigenvalue weighted by molar-refractivity contribution is -0.116. The van der Waals surface area contributed by atoms with Crippen molar-refractivity contribution in [2.45, 2.75) is 13.0 Å². The first-order chi connectivity index (χ1) is 14.7. The topological polar surface area (TPSA) is 71.1 Å². The summed E-state index contributed by atoms with van der Waals surface area (Å²) < 4.78 is 0. The number of pyridine rings is 1. The molecule has 1 aliphatic rings. The maximum Gasteiger partial charge on any atom is 0.251 e. The van der Waals surface area contributed by atoms with E-state index >= 15 is 0 Å². The van der Waals surface area contributed by atoms with Crippen LogP contribution in [0.2, 0.25) is 0 Å². The third-order valence-corrected chi connectivity index (χ3v) is 4.87. The fourth-order valence-corrected chi connectivity index (χ4v) is 3.30. The molecule has 0 bridgehead atoms. The number of carbonyl (C=O) groups is 2. The maximum absolute atomic E-state index is 12.5. The number of para-hydroxylation sites is 1. The Hall–Kier alpha value is -3.99. The van der Waals surface area contributed by atoms with Crippen molar-refractivity contribution in [2.75, 3.05) is 5.32 Å². The molecule has 2 amide bonds. The van der Waals surface area contributed by atoms with E-state index in [0.717, 1.165) is 27.9 Å². The van der Waals surface area contributed by atoms with E-state index in [-0.39, 0.29) is 11.8 Å². The van der Waals surface area contributed by atoms with Gasteiger partial charge >= 0.3 is 0 Å². The Morgan fingerprint density at radius 2 is 1.83 bits per heavy atom. The smallest absolute Gasteiger partial charge is 0.251 e. The van der Waals surface area contributed by atoms with Crippen molar-refractivity contribution in [1.82, 2.24) is 10.3 Å². The number of rotatable bonds is 5. The second kappa shape index (κ2) is 9.01. The van der Waals surface area contributed by atoms with Gasteiger partial charge in [0.05, 0.1) is 0 Å². The molecule has 0 aliphatic carbocycles. The lowest BCUT2D eigenvalue weighted by atomic mass is 9.95. The lowest BCUT2D eigenvalue weighted by Crippen LogP contribution is -2.22. The van der Waals surface area contributed by atoms with Gasteiger partial charge in [-0.2, -0.15) is 0 Å². The minimum atomic E-state index is -0.189. The zero-order chi connectivity index (χ0) is 20.8. The molecule has 5 heteroatoms. The number of nitrogens with one attached hydrogen (secondary N) is 2. The number of carbonyl (C=O) groups excluding carboxylic acids is 2. The summed E-state index contributed by atoms with van der Waals surface area (Å²) >= 11 is 0. The third-order valence-electron chi connectivity index (χ3n) is 4.87. The van der Waals surface area contributed by atoms with Crippen molar-refractivity contribution < 1.29 is 9.59 Å². The van der Waals surface area contributed by atoms with Crippen molar-refractivity contribution >= 4 is 29.7 Å². The van der Waals surface area contributed by atoms with Crippen LogP contribution in [0.5, 0.6) is 0 Å². The Balaban J connectivity index is 1.49. The third kappa shape index (κ3) is 4.70. The zero-order valence-corrected chi connectivity index (χ0v) is 16.3. The average Bonchev–Trinajstić information content (AvgIpc) is 2.78. The molecule has 2 N–H and O–H groups in total. The molecular formula is C25H21N3O2. The number of benzene rings is 2. The number of amides is 2. The highest BCUT2D eigenvalue weighted by Gasteiger charge is 2.19. The minimum Gasteiger partial charge on any atom is -0.348 e. The van der Waals surface area contributed by atoms with E-state index in [4.69, 9.17) is 0 Å². The fraction of sp³-hybridized carbons (Fsp3) is 0.0800. The molecule has 5 nitrogen and oxygen atoms in total. The molecule has 30 heavy (non-hydrogen) atoms. The van der Waals surface area contributed by atoms with Crippen LogP contribution in [-0.4, -0.2) is 16.8 Å². The summed E-state index contributed by atoms with van der Waals surface area (Å²) in [7, 11) is 0. The molecule has 2 aromatic carbocycles. The second-order valence-electron chi connectivity index (χ2n) is 7.00. The Morgan fingerprint density at radius 1 is 1.03 bits per heavy atom. The van der Waals surface area contributed by atoms with Gasteiger partial charge in [0.15, 0.2) is 0 Å². The van der Waals surface area contributed by atoms with Gasteiger partial charge in [0, 0.05) is 42.7 Å². The van der Waals surface area contributed by atoms with Gasteiger partial charge in [-0.25, -0.2) is 0 Å². The zero-order valence-electron chi connectivity index (χ0n) is 16.3. The van der Waals surface area contributed by atoms with E-state index < -0.39 is 0 Å². The molecule has 0 saturated heterocycles. The van der Waals surface area contributed by atoms with Gasteiger partial charge in [-0.15, -0.1) is 0 Å². The minimum absolute atomic E-state index is 0.0957. The van der Waals surface area contributed by atoms with Crippen molar-refractivity contribution in [3.05, 3.63) is 107 Å². The van der Waals surface area contributed by atoms with E-state index in [1.165, 1.54) is 6.08 Å². The van der Waals surface area contributed by atoms with Crippen molar-refractivity contribution in [2.24, 2.45) is 0 Å². The SMILES string of the molecule is O=C(/C=C/c1ccccc1/C=C1\Cc2ccccc2NC1=O)NCc1cccnc1.